The smallest absolute Gasteiger partial charge is 0.292 e. The monoisotopic (exact) mass is 406 g/mol. The Labute approximate surface area is 153 Å². The molecular weight excluding hydrogens is 388 g/mol. The summed E-state index contributed by atoms with van der Waals surface area (Å²) in [7, 11) is 0.984. The van der Waals surface area contributed by atoms with Crippen molar-refractivity contribution in [3.63, 3.8) is 0 Å². The molecule has 1 heterocycles. The SMILES string of the molecule is C=P(C)(C)Cc1cc(-n2c(=O)cc(C(F)(F)F)n(C)c2=O)c(C)cc1Cl. The lowest BCUT2D eigenvalue weighted by Gasteiger charge is -2.18. The van der Waals surface area contributed by atoms with E-state index in [9.17, 15) is 22.8 Å². The molecule has 26 heavy (non-hydrogen) atoms. The van der Waals surface area contributed by atoms with Crippen LogP contribution in [0.5, 0.6) is 0 Å². The Morgan fingerprint density at radius 1 is 1.19 bits per heavy atom. The molecule has 0 aliphatic rings. The fraction of sp³-hybridized carbons (Fsp3) is 0.353. The van der Waals surface area contributed by atoms with Gasteiger partial charge in [-0.2, -0.15) is 13.2 Å². The molecule has 2 aromatic rings. The summed E-state index contributed by atoms with van der Waals surface area (Å²) < 4.78 is 40.1. The summed E-state index contributed by atoms with van der Waals surface area (Å²) in [6.07, 6.45) is -0.106. The van der Waals surface area contributed by atoms with Crippen molar-refractivity contribution in [1.29, 1.82) is 0 Å². The van der Waals surface area contributed by atoms with Gasteiger partial charge in [-0.1, -0.05) is 11.6 Å². The van der Waals surface area contributed by atoms with Gasteiger partial charge in [0.2, 0.25) is 0 Å². The van der Waals surface area contributed by atoms with Crippen molar-refractivity contribution in [3.8, 4) is 5.69 Å². The second kappa shape index (κ2) is 6.78. The van der Waals surface area contributed by atoms with E-state index in [-0.39, 0.29) is 5.69 Å². The first-order chi connectivity index (χ1) is 11.7. The van der Waals surface area contributed by atoms with Crippen molar-refractivity contribution in [1.82, 2.24) is 9.13 Å². The van der Waals surface area contributed by atoms with Gasteiger partial charge >= 0.3 is 11.9 Å². The van der Waals surface area contributed by atoms with Gasteiger partial charge in [0.25, 0.3) is 5.56 Å². The fourth-order valence-electron chi connectivity index (χ4n) is 2.65. The summed E-state index contributed by atoms with van der Waals surface area (Å²) in [5.41, 5.74) is -1.96. The van der Waals surface area contributed by atoms with Crippen molar-refractivity contribution in [2.45, 2.75) is 19.3 Å². The van der Waals surface area contributed by atoms with Gasteiger partial charge < -0.3 is 0 Å². The molecule has 1 aromatic heterocycles. The zero-order chi connectivity index (χ0) is 20.0. The minimum absolute atomic E-state index is 0.220. The van der Waals surface area contributed by atoms with E-state index in [1.807, 2.05) is 13.3 Å². The average molecular weight is 407 g/mol. The van der Waals surface area contributed by atoms with Crippen LogP contribution >= 0.6 is 18.5 Å². The van der Waals surface area contributed by atoms with E-state index < -0.39 is 30.0 Å². The highest BCUT2D eigenvalue weighted by atomic mass is 35.5. The predicted octanol–water partition coefficient (Wildman–Crippen LogP) is 3.73. The molecule has 0 spiro atoms. The third-order valence-electron chi connectivity index (χ3n) is 3.81. The van der Waals surface area contributed by atoms with Gasteiger partial charge in [-0.15, -0.1) is 13.2 Å². The van der Waals surface area contributed by atoms with Crippen molar-refractivity contribution in [3.05, 3.63) is 60.9 Å². The molecule has 0 bridgehead atoms. The largest absolute Gasteiger partial charge is 0.431 e. The first-order valence-corrected chi connectivity index (χ1v) is 11.0. The highest BCUT2D eigenvalue weighted by Gasteiger charge is 2.35. The van der Waals surface area contributed by atoms with Crippen LogP contribution in [0.15, 0.2) is 27.8 Å². The fourth-order valence-corrected chi connectivity index (χ4v) is 4.21. The third kappa shape index (κ3) is 4.15. The number of aryl methyl sites for hydroxylation is 1. The zero-order valence-corrected chi connectivity index (χ0v) is 16.5. The molecule has 0 radical (unpaired) electrons. The molecule has 0 atom stereocenters. The lowest BCUT2D eigenvalue weighted by atomic mass is 10.1. The molecular formula is C17H19ClF3N2O2P. The van der Waals surface area contributed by atoms with Gasteiger partial charge in [-0.25, -0.2) is 9.36 Å². The van der Waals surface area contributed by atoms with E-state index in [4.69, 9.17) is 11.6 Å². The summed E-state index contributed by atoms with van der Waals surface area (Å²) >= 11 is 6.26. The number of halogens is 4. The summed E-state index contributed by atoms with van der Waals surface area (Å²) in [4.78, 5) is 24.8. The van der Waals surface area contributed by atoms with Gasteiger partial charge in [0, 0.05) is 18.1 Å². The van der Waals surface area contributed by atoms with E-state index in [2.05, 4.69) is 6.30 Å². The van der Waals surface area contributed by atoms with Gasteiger partial charge in [0.15, 0.2) is 0 Å². The number of nitrogens with zero attached hydrogens (tertiary/aromatic N) is 2. The number of hydrogen-bond donors (Lipinski definition) is 0. The summed E-state index contributed by atoms with van der Waals surface area (Å²) in [5, 5.41) is 0.472. The summed E-state index contributed by atoms with van der Waals surface area (Å²) in [6.45, 7) is 4.14. The van der Waals surface area contributed by atoms with Crippen LogP contribution in [0.3, 0.4) is 0 Å². The van der Waals surface area contributed by atoms with Crippen LogP contribution in [0.1, 0.15) is 16.8 Å². The summed E-state index contributed by atoms with van der Waals surface area (Å²) in [6, 6.07) is 3.61. The lowest BCUT2D eigenvalue weighted by molar-refractivity contribution is -0.144. The zero-order valence-electron chi connectivity index (χ0n) is 14.8. The lowest BCUT2D eigenvalue weighted by Crippen LogP contribution is -2.41. The van der Waals surface area contributed by atoms with Gasteiger partial charge in [-0.05, 0) is 49.7 Å². The van der Waals surface area contributed by atoms with Crippen LogP contribution in [0.2, 0.25) is 5.02 Å². The maximum absolute atomic E-state index is 13.0. The molecule has 1 aromatic carbocycles. The number of benzene rings is 1. The highest BCUT2D eigenvalue weighted by Crippen LogP contribution is 2.42. The van der Waals surface area contributed by atoms with Crippen LogP contribution < -0.4 is 11.2 Å². The Bertz CT molecular complexity index is 1030. The van der Waals surface area contributed by atoms with Crippen LogP contribution in [0, 0.1) is 6.92 Å². The van der Waals surface area contributed by atoms with Crippen molar-refractivity contribution in [2.24, 2.45) is 7.05 Å². The Morgan fingerprint density at radius 2 is 1.77 bits per heavy atom. The standard InChI is InChI=1S/C17H19ClF3N2O2P/c1-10-6-12(18)11(9-26(3,4)5)7-13(10)23-15(24)8-14(17(19,20)21)22(2)16(23)25/h6-8H,3,9H2,1-2,4-5H3. The van der Waals surface area contributed by atoms with E-state index >= 15 is 0 Å². The molecule has 4 nitrogen and oxygen atoms in total. The van der Waals surface area contributed by atoms with Gasteiger partial charge in [-0.3, -0.25) is 9.36 Å². The molecule has 0 saturated carbocycles. The first-order valence-electron chi connectivity index (χ1n) is 7.59. The Hall–Kier alpha value is -1.72. The predicted molar refractivity (Wildman–Crippen MR) is 102 cm³/mol. The van der Waals surface area contributed by atoms with Crippen LogP contribution in [-0.4, -0.2) is 28.8 Å². The van der Waals surface area contributed by atoms with Gasteiger partial charge in [0.1, 0.15) is 5.69 Å². The van der Waals surface area contributed by atoms with E-state index in [1.165, 1.54) is 0 Å². The molecule has 0 unspecified atom stereocenters. The normalized spacial score (nSPS) is 12.5. The Morgan fingerprint density at radius 3 is 2.27 bits per heavy atom. The Balaban J connectivity index is 2.80. The molecule has 9 heteroatoms. The molecule has 142 valence electrons. The molecule has 0 aliphatic carbocycles. The second-order valence-corrected chi connectivity index (χ2v) is 11.5. The molecule has 0 aliphatic heterocycles. The highest BCUT2D eigenvalue weighted by molar-refractivity contribution is 7.71. The molecule has 0 amide bonds. The van der Waals surface area contributed by atoms with Crippen molar-refractivity contribution < 1.29 is 13.2 Å². The summed E-state index contributed by atoms with van der Waals surface area (Å²) in [5.74, 6) is 0. The van der Waals surface area contributed by atoms with E-state index in [0.29, 0.717) is 32.9 Å². The van der Waals surface area contributed by atoms with E-state index in [0.717, 1.165) is 11.6 Å². The maximum Gasteiger partial charge on any atom is 0.431 e. The Kier molecular flexibility index (Phi) is 5.37. The van der Waals surface area contributed by atoms with Crippen molar-refractivity contribution in [2.75, 3.05) is 13.3 Å². The number of aromatic nitrogens is 2. The molecule has 0 saturated heterocycles. The third-order valence-corrected chi connectivity index (χ3v) is 5.36. The topological polar surface area (TPSA) is 44.0 Å². The van der Waals surface area contributed by atoms with Crippen LogP contribution in [-0.2, 0) is 19.4 Å². The average Bonchev–Trinajstić information content (AvgIpc) is 2.45. The first kappa shape index (κ1) is 20.6. The minimum Gasteiger partial charge on any atom is -0.292 e. The molecule has 0 N–H and O–H groups in total. The van der Waals surface area contributed by atoms with Crippen LogP contribution in [0.25, 0.3) is 5.69 Å². The van der Waals surface area contributed by atoms with Gasteiger partial charge in [0.05, 0.1) is 5.69 Å². The quantitative estimate of drug-likeness (QED) is 0.729. The maximum atomic E-state index is 13.0. The van der Waals surface area contributed by atoms with Crippen LogP contribution in [0.4, 0.5) is 13.2 Å². The number of rotatable bonds is 3. The second-order valence-electron chi connectivity index (χ2n) is 6.87. The minimum atomic E-state index is -4.80. The number of alkyl halides is 3. The van der Waals surface area contributed by atoms with E-state index in [1.54, 1.807) is 19.1 Å². The molecule has 2 rings (SSSR count). The van der Waals surface area contributed by atoms with Crippen molar-refractivity contribution >= 4 is 24.8 Å². The molecule has 0 fully saturated rings. The number of hydrogen-bond acceptors (Lipinski definition) is 2.